The van der Waals surface area contributed by atoms with E-state index < -0.39 is 18.1 Å². The smallest absolute Gasteiger partial charge is 0.407 e. The van der Waals surface area contributed by atoms with E-state index in [1.54, 1.807) is 6.92 Å². The van der Waals surface area contributed by atoms with Gasteiger partial charge >= 0.3 is 12.1 Å². The summed E-state index contributed by atoms with van der Waals surface area (Å²) in [6.07, 6.45) is 0.274. The highest BCUT2D eigenvalue weighted by Crippen LogP contribution is 2.44. The maximum Gasteiger partial charge on any atom is 0.407 e. The van der Waals surface area contributed by atoms with E-state index in [1.165, 1.54) is 11.1 Å². The molecule has 0 spiro atoms. The molecule has 0 bridgehead atoms. The molecule has 0 aromatic heterocycles. The molecule has 3 rings (SSSR count). The molecule has 2 aromatic rings. The number of hydrogen-bond donors (Lipinski definition) is 3. The van der Waals surface area contributed by atoms with Gasteiger partial charge in [0.2, 0.25) is 5.91 Å². The molecule has 2 amide bonds. The van der Waals surface area contributed by atoms with Crippen LogP contribution in [0.5, 0.6) is 0 Å². The average molecular weight is 439 g/mol. The molecule has 3 N–H and O–H groups in total. The summed E-state index contributed by atoms with van der Waals surface area (Å²) in [5.41, 5.74) is 4.69. The van der Waals surface area contributed by atoms with Crippen molar-refractivity contribution in [1.82, 2.24) is 10.6 Å². The molecule has 0 heterocycles. The summed E-state index contributed by atoms with van der Waals surface area (Å²) in [6.45, 7) is 4.26. The molecule has 1 aliphatic rings. The summed E-state index contributed by atoms with van der Waals surface area (Å²) >= 11 is 0. The van der Waals surface area contributed by atoms with Gasteiger partial charge in [-0.2, -0.15) is 0 Å². The molecule has 2 atom stereocenters. The Morgan fingerprint density at radius 1 is 1.00 bits per heavy atom. The van der Waals surface area contributed by atoms with Crippen LogP contribution in [0.3, 0.4) is 0 Å². The van der Waals surface area contributed by atoms with Crippen LogP contribution >= 0.6 is 0 Å². The second kappa shape index (κ2) is 10.8. The van der Waals surface area contributed by atoms with Gasteiger partial charge in [-0.3, -0.25) is 9.59 Å². The SMILES string of the molecule is CC(CCC(=O)N[C@H](C)CC(=O)O)CNC(=O)OCC1c2ccccc2-c2ccccc21. The van der Waals surface area contributed by atoms with Crippen molar-refractivity contribution in [2.75, 3.05) is 13.2 Å². The number of rotatable bonds is 10. The molecule has 1 unspecified atom stereocenters. The lowest BCUT2D eigenvalue weighted by atomic mass is 9.98. The third kappa shape index (κ3) is 6.09. The van der Waals surface area contributed by atoms with Crippen LogP contribution in [0.1, 0.15) is 50.2 Å². The van der Waals surface area contributed by atoms with E-state index in [0.717, 1.165) is 11.1 Å². The van der Waals surface area contributed by atoms with E-state index in [0.29, 0.717) is 13.0 Å². The normalized spacial score (nSPS) is 14.1. The fraction of sp³-hybridized carbons (Fsp3) is 0.400. The van der Waals surface area contributed by atoms with E-state index in [1.807, 2.05) is 31.2 Å². The van der Waals surface area contributed by atoms with Gasteiger partial charge in [-0.1, -0.05) is 55.5 Å². The minimum absolute atomic E-state index is 0.0158. The maximum absolute atomic E-state index is 12.2. The minimum atomic E-state index is -0.946. The molecular formula is C25H30N2O5. The molecular weight excluding hydrogens is 408 g/mol. The van der Waals surface area contributed by atoms with Gasteiger partial charge in [0.05, 0.1) is 6.42 Å². The van der Waals surface area contributed by atoms with Crippen LogP contribution in [0.25, 0.3) is 11.1 Å². The summed E-state index contributed by atoms with van der Waals surface area (Å²) in [4.78, 5) is 34.8. The lowest BCUT2D eigenvalue weighted by Crippen LogP contribution is -2.35. The average Bonchev–Trinajstić information content (AvgIpc) is 3.08. The standard InChI is InChI=1S/C25H30N2O5/c1-16(11-12-23(28)27-17(2)13-24(29)30)14-26-25(31)32-15-22-20-9-5-3-7-18(20)19-8-4-6-10-21(19)22/h3-10,16-17,22H,11-15H2,1-2H3,(H,26,31)(H,27,28)(H,29,30)/t16?,17-/m1/s1. The Morgan fingerprint density at radius 2 is 1.59 bits per heavy atom. The number of amides is 2. The largest absolute Gasteiger partial charge is 0.481 e. The van der Waals surface area contributed by atoms with Crippen LogP contribution in [-0.4, -0.2) is 42.3 Å². The molecule has 7 heteroatoms. The summed E-state index contributed by atoms with van der Waals surface area (Å²) < 4.78 is 5.52. The summed E-state index contributed by atoms with van der Waals surface area (Å²) in [5.74, 6) is -1.04. The Hall–Kier alpha value is -3.35. The van der Waals surface area contributed by atoms with Crippen molar-refractivity contribution in [1.29, 1.82) is 0 Å². The molecule has 1 aliphatic carbocycles. The Labute approximate surface area is 188 Å². The molecule has 0 saturated carbocycles. The van der Waals surface area contributed by atoms with Crippen LogP contribution in [0.4, 0.5) is 4.79 Å². The van der Waals surface area contributed by atoms with Gasteiger partial charge < -0.3 is 20.5 Å². The quantitative estimate of drug-likeness (QED) is 0.521. The number of hydrogen-bond acceptors (Lipinski definition) is 4. The Kier molecular flexibility index (Phi) is 7.87. The number of benzene rings is 2. The fourth-order valence-electron chi connectivity index (χ4n) is 4.05. The molecule has 0 aliphatic heterocycles. The molecule has 0 saturated heterocycles. The van der Waals surface area contributed by atoms with Gasteiger partial charge in [0.25, 0.3) is 0 Å². The van der Waals surface area contributed by atoms with E-state index in [-0.39, 0.29) is 37.2 Å². The molecule has 7 nitrogen and oxygen atoms in total. The van der Waals surface area contributed by atoms with Gasteiger partial charge in [0, 0.05) is 24.9 Å². The zero-order chi connectivity index (χ0) is 23.1. The van der Waals surface area contributed by atoms with Gasteiger partial charge in [-0.05, 0) is 41.5 Å². The van der Waals surface area contributed by atoms with Crippen LogP contribution in [0.15, 0.2) is 48.5 Å². The first-order valence-electron chi connectivity index (χ1n) is 10.9. The lowest BCUT2D eigenvalue weighted by molar-refractivity contribution is -0.137. The topological polar surface area (TPSA) is 105 Å². The lowest BCUT2D eigenvalue weighted by Gasteiger charge is -2.16. The molecule has 0 fully saturated rings. The monoisotopic (exact) mass is 438 g/mol. The number of carbonyl (C=O) groups excluding carboxylic acids is 2. The highest BCUT2D eigenvalue weighted by molar-refractivity contribution is 5.79. The van der Waals surface area contributed by atoms with Crippen molar-refractivity contribution in [2.45, 2.75) is 45.1 Å². The number of carbonyl (C=O) groups is 3. The number of aliphatic carboxylic acids is 1. The van der Waals surface area contributed by atoms with E-state index in [9.17, 15) is 14.4 Å². The first-order valence-corrected chi connectivity index (χ1v) is 10.9. The van der Waals surface area contributed by atoms with Gasteiger partial charge in [0.15, 0.2) is 0 Å². The van der Waals surface area contributed by atoms with Crippen molar-refractivity contribution < 1.29 is 24.2 Å². The van der Waals surface area contributed by atoms with E-state index >= 15 is 0 Å². The molecule has 32 heavy (non-hydrogen) atoms. The van der Waals surface area contributed by atoms with Crippen molar-refractivity contribution in [3.8, 4) is 11.1 Å². The van der Waals surface area contributed by atoms with Gasteiger partial charge in [-0.15, -0.1) is 0 Å². The van der Waals surface area contributed by atoms with Gasteiger partial charge in [0.1, 0.15) is 6.61 Å². The van der Waals surface area contributed by atoms with Crippen molar-refractivity contribution >= 4 is 18.0 Å². The molecule has 0 radical (unpaired) electrons. The van der Waals surface area contributed by atoms with Crippen LogP contribution in [-0.2, 0) is 14.3 Å². The zero-order valence-electron chi connectivity index (χ0n) is 18.5. The number of nitrogens with one attached hydrogen (secondary N) is 2. The van der Waals surface area contributed by atoms with Crippen LogP contribution < -0.4 is 10.6 Å². The Balaban J connectivity index is 1.41. The Bertz CT molecular complexity index is 929. The van der Waals surface area contributed by atoms with E-state index in [4.69, 9.17) is 9.84 Å². The number of alkyl carbamates (subject to hydrolysis) is 1. The molecule has 2 aromatic carbocycles. The third-order valence-electron chi connectivity index (χ3n) is 5.69. The summed E-state index contributed by atoms with van der Waals surface area (Å²) in [7, 11) is 0. The molecule has 170 valence electrons. The number of fused-ring (bicyclic) bond motifs is 3. The minimum Gasteiger partial charge on any atom is -0.481 e. The predicted octanol–water partition coefficient (Wildman–Crippen LogP) is 3.92. The second-order valence-corrected chi connectivity index (χ2v) is 8.42. The summed E-state index contributed by atoms with van der Waals surface area (Å²) in [5, 5.41) is 14.2. The second-order valence-electron chi connectivity index (χ2n) is 8.42. The number of carboxylic acid groups (broad SMARTS) is 1. The predicted molar refractivity (Wildman–Crippen MR) is 121 cm³/mol. The highest BCUT2D eigenvalue weighted by atomic mass is 16.5. The Morgan fingerprint density at radius 3 is 2.19 bits per heavy atom. The highest BCUT2D eigenvalue weighted by Gasteiger charge is 2.29. The first-order chi connectivity index (χ1) is 15.3. The van der Waals surface area contributed by atoms with Crippen LogP contribution in [0, 0.1) is 5.92 Å². The van der Waals surface area contributed by atoms with Gasteiger partial charge in [-0.25, -0.2) is 4.79 Å². The third-order valence-corrected chi connectivity index (χ3v) is 5.69. The zero-order valence-corrected chi connectivity index (χ0v) is 18.5. The van der Waals surface area contributed by atoms with Crippen LogP contribution in [0.2, 0.25) is 0 Å². The van der Waals surface area contributed by atoms with Crippen molar-refractivity contribution in [2.24, 2.45) is 5.92 Å². The number of carboxylic acids is 1. The first kappa shape index (κ1) is 23.3. The van der Waals surface area contributed by atoms with E-state index in [2.05, 4.69) is 34.9 Å². The maximum atomic E-state index is 12.2. The summed E-state index contributed by atoms with van der Waals surface area (Å²) in [6, 6.07) is 15.9. The fourth-order valence-corrected chi connectivity index (χ4v) is 4.05. The van der Waals surface area contributed by atoms with Crippen molar-refractivity contribution in [3.05, 3.63) is 59.7 Å². The number of ether oxygens (including phenoxy) is 1. The van der Waals surface area contributed by atoms with Crippen molar-refractivity contribution in [3.63, 3.8) is 0 Å².